The zero-order valence-corrected chi connectivity index (χ0v) is 24.3. The van der Waals surface area contributed by atoms with Gasteiger partial charge in [0.15, 0.2) is 0 Å². The minimum atomic E-state index is -4.61. The summed E-state index contributed by atoms with van der Waals surface area (Å²) in [5, 5.41) is 17.8. The monoisotopic (exact) mass is 577 g/mol. The number of benzene rings is 1. The summed E-state index contributed by atoms with van der Waals surface area (Å²) >= 11 is 0. The molecule has 1 aliphatic rings. The number of carboxylic acids is 1. The van der Waals surface area contributed by atoms with Crippen molar-refractivity contribution < 1.29 is 32.6 Å². The van der Waals surface area contributed by atoms with Crippen LogP contribution in [0.1, 0.15) is 50.3 Å². The molecule has 1 aromatic heterocycles. The number of nitrogens with one attached hydrogen (secondary N) is 3. The van der Waals surface area contributed by atoms with E-state index in [1.54, 1.807) is 39.0 Å². The summed E-state index contributed by atoms with van der Waals surface area (Å²) in [5.74, 6) is 1.54. The van der Waals surface area contributed by atoms with Crippen LogP contribution in [-0.4, -0.2) is 52.9 Å². The second kappa shape index (κ2) is 11.8. The Morgan fingerprint density at radius 3 is 2.42 bits per heavy atom. The number of nitrogens with zero attached hydrogens (tertiary/aromatic N) is 2. The van der Waals surface area contributed by atoms with Crippen molar-refractivity contribution >= 4 is 37.6 Å². The maximum atomic E-state index is 13.5. The fourth-order valence-corrected chi connectivity index (χ4v) is 3.88. The second-order valence-electron chi connectivity index (χ2n) is 11.6. The molecule has 0 bridgehead atoms. The summed E-state index contributed by atoms with van der Waals surface area (Å²) in [4.78, 5) is 32.0. The zero-order chi connectivity index (χ0) is 29.9. The van der Waals surface area contributed by atoms with Gasteiger partial charge in [-0.05, 0) is 51.3 Å². The Morgan fingerprint density at radius 1 is 1.20 bits per heavy atom. The first-order chi connectivity index (χ1) is 18.4. The molecular weight excluding hydrogens is 543 g/mol. The van der Waals surface area contributed by atoms with Crippen LogP contribution in [0.25, 0.3) is 0 Å². The fourth-order valence-electron chi connectivity index (χ4n) is 3.37. The van der Waals surface area contributed by atoms with Gasteiger partial charge in [0.25, 0.3) is 0 Å². The summed E-state index contributed by atoms with van der Waals surface area (Å²) in [7, 11) is -1.84. The van der Waals surface area contributed by atoms with E-state index in [1.807, 2.05) is 0 Å². The van der Waals surface area contributed by atoms with Crippen molar-refractivity contribution in [3.63, 3.8) is 0 Å². The van der Waals surface area contributed by atoms with Gasteiger partial charge >= 0.3 is 18.2 Å². The summed E-state index contributed by atoms with van der Waals surface area (Å²) < 4.78 is 45.6. The van der Waals surface area contributed by atoms with Gasteiger partial charge in [-0.1, -0.05) is 31.6 Å². The van der Waals surface area contributed by atoms with Gasteiger partial charge in [-0.2, -0.15) is 18.2 Å². The van der Waals surface area contributed by atoms with E-state index in [1.165, 1.54) is 0 Å². The van der Waals surface area contributed by atoms with Gasteiger partial charge in [-0.25, -0.2) is 14.6 Å². The number of halogens is 3. The van der Waals surface area contributed by atoms with Gasteiger partial charge in [0.2, 0.25) is 5.95 Å². The number of amides is 1. The number of carbonyl (C=O) groups is 2. The molecule has 1 saturated carbocycles. The lowest BCUT2D eigenvalue weighted by atomic mass is 10.0. The molecule has 1 aromatic carbocycles. The standard InChI is InChI=1S/C27H34F3N5O4Si/c1-26(2,3)39-25(38)34-21(23(36)37)14-16-7-10-20(17(13-16)11-12-40(4,5)6)33-24-31-15-19(27(28,29)30)22(35-24)32-18-8-9-18/h7,10,13,15,18,21H,8-9,14H2,1-6H3,(H,34,38)(H,36,37)(H2,31,32,33,35). The van der Waals surface area contributed by atoms with Crippen molar-refractivity contribution in [2.45, 2.75) is 83.5 Å². The molecule has 9 nitrogen and oxygen atoms in total. The Morgan fingerprint density at radius 2 is 1.88 bits per heavy atom. The minimum Gasteiger partial charge on any atom is -0.480 e. The van der Waals surface area contributed by atoms with E-state index in [4.69, 9.17) is 4.74 Å². The Hall–Kier alpha value is -3.79. The Bertz CT molecular complexity index is 1320. The zero-order valence-electron chi connectivity index (χ0n) is 23.3. The van der Waals surface area contributed by atoms with Gasteiger partial charge in [0, 0.05) is 24.2 Å². The summed E-state index contributed by atoms with van der Waals surface area (Å²) in [6.45, 7) is 11.2. The average Bonchev–Trinajstić information content (AvgIpc) is 3.60. The first-order valence-corrected chi connectivity index (χ1v) is 16.3. The Labute approximate surface area is 232 Å². The van der Waals surface area contributed by atoms with Crippen LogP contribution in [0.4, 0.5) is 35.4 Å². The van der Waals surface area contributed by atoms with Crippen LogP contribution in [0.5, 0.6) is 0 Å². The molecule has 0 saturated heterocycles. The maximum absolute atomic E-state index is 13.5. The van der Waals surface area contributed by atoms with Crippen LogP contribution in [0.2, 0.25) is 19.6 Å². The number of aliphatic carboxylic acids is 1. The molecule has 1 fully saturated rings. The van der Waals surface area contributed by atoms with Crippen LogP contribution >= 0.6 is 0 Å². The SMILES string of the molecule is CC(C)(C)OC(=O)NC(Cc1ccc(Nc2ncc(C(F)(F)F)c(NC3CC3)n2)c(C#C[Si](C)(C)C)c1)C(=O)O. The highest BCUT2D eigenvalue weighted by molar-refractivity contribution is 6.83. The number of hydrogen-bond donors (Lipinski definition) is 4. The third-order valence-electron chi connectivity index (χ3n) is 5.34. The molecule has 0 radical (unpaired) electrons. The maximum Gasteiger partial charge on any atom is 0.421 e. The van der Waals surface area contributed by atoms with E-state index >= 15 is 0 Å². The highest BCUT2D eigenvalue weighted by atomic mass is 28.3. The van der Waals surface area contributed by atoms with E-state index in [0.29, 0.717) is 16.8 Å². The number of carbonyl (C=O) groups excluding carboxylic acids is 1. The van der Waals surface area contributed by atoms with Gasteiger partial charge < -0.3 is 25.8 Å². The molecular formula is C27H34F3N5O4Si. The van der Waals surface area contributed by atoms with E-state index in [0.717, 1.165) is 19.0 Å². The third kappa shape index (κ3) is 9.75. The van der Waals surface area contributed by atoms with Gasteiger partial charge in [-0.3, -0.25) is 0 Å². The first kappa shape index (κ1) is 30.7. The second-order valence-corrected chi connectivity index (χ2v) is 16.4. The third-order valence-corrected chi connectivity index (χ3v) is 6.22. The molecule has 0 aliphatic heterocycles. The van der Waals surface area contributed by atoms with Crippen LogP contribution in [0.3, 0.4) is 0 Å². The van der Waals surface area contributed by atoms with Crippen molar-refractivity contribution in [2.75, 3.05) is 10.6 Å². The largest absolute Gasteiger partial charge is 0.480 e. The van der Waals surface area contributed by atoms with Crippen molar-refractivity contribution in [1.82, 2.24) is 15.3 Å². The first-order valence-electron chi connectivity index (χ1n) is 12.8. The number of ether oxygens (including phenoxy) is 1. The highest BCUT2D eigenvalue weighted by Crippen LogP contribution is 2.36. The highest BCUT2D eigenvalue weighted by Gasteiger charge is 2.37. The molecule has 1 atom stereocenters. The van der Waals surface area contributed by atoms with E-state index < -0.39 is 43.5 Å². The molecule has 0 spiro atoms. The molecule has 40 heavy (non-hydrogen) atoms. The van der Waals surface area contributed by atoms with E-state index in [2.05, 4.69) is 57.0 Å². The van der Waals surface area contributed by atoms with Crippen molar-refractivity contribution in [2.24, 2.45) is 0 Å². The lowest BCUT2D eigenvalue weighted by Crippen LogP contribution is -2.44. The number of carboxylic acid groups (broad SMARTS) is 1. The molecule has 13 heteroatoms. The number of alkyl halides is 3. The molecule has 1 unspecified atom stereocenters. The smallest absolute Gasteiger partial charge is 0.421 e. The topological polar surface area (TPSA) is 125 Å². The molecule has 2 aromatic rings. The summed E-state index contributed by atoms with van der Waals surface area (Å²) in [6.07, 6.45) is -3.25. The predicted molar refractivity (Wildman–Crippen MR) is 148 cm³/mol. The summed E-state index contributed by atoms with van der Waals surface area (Å²) in [5.41, 5.74) is 2.99. The van der Waals surface area contributed by atoms with E-state index in [9.17, 15) is 27.9 Å². The van der Waals surface area contributed by atoms with Gasteiger partial charge in [0.05, 0.1) is 5.69 Å². The van der Waals surface area contributed by atoms with Crippen LogP contribution < -0.4 is 16.0 Å². The minimum absolute atomic E-state index is 0.0463. The molecule has 1 aliphatic carbocycles. The fraction of sp³-hybridized carbons (Fsp3) is 0.481. The summed E-state index contributed by atoms with van der Waals surface area (Å²) in [6, 6.07) is 3.63. The number of anilines is 3. The van der Waals surface area contributed by atoms with E-state index in [-0.39, 0.29) is 24.2 Å². The number of alkyl carbamates (subject to hydrolysis) is 1. The Kier molecular flexibility index (Phi) is 9.03. The quantitative estimate of drug-likeness (QED) is 0.237. The van der Waals surface area contributed by atoms with Crippen molar-refractivity contribution in [3.05, 3.63) is 41.1 Å². The Balaban J connectivity index is 1.92. The van der Waals surface area contributed by atoms with Crippen molar-refractivity contribution in [1.29, 1.82) is 0 Å². The molecule has 1 heterocycles. The predicted octanol–water partition coefficient (Wildman–Crippen LogP) is 5.56. The molecule has 1 amide bonds. The van der Waals surface area contributed by atoms with Crippen LogP contribution in [0.15, 0.2) is 24.4 Å². The van der Waals surface area contributed by atoms with Crippen molar-refractivity contribution in [3.8, 4) is 11.5 Å². The lowest BCUT2D eigenvalue weighted by molar-refractivity contribution is -0.139. The van der Waals surface area contributed by atoms with Crippen LogP contribution in [-0.2, 0) is 22.1 Å². The normalized spacial score (nSPS) is 14.4. The number of aromatic nitrogens is 2. The van der Waals surface area contributed by atoms with Gasteiger partial charge in [-0.15, -0.1) is 5.54 Å². The molecule has 3 rings (SSSR count). The average molecular weight is 578 g/mol. The number of hydrogen-bond acceptors (Lipinski definition) is 7. The number of rotatable bonds is 8. The van der Waals surface area contributed by atoms with Crippen LogP contribution in [0, 0.1) is 11.5 Å². The molecule has 216 valence electrons. The lowest BCUT2D eigenvalue weighted by Gasteiger charge is -2.22. The van der Waals surface area contributed by atoms with Gasteiger partial charge in [0.1, 0.15) is 31.1 Å². The molecule has 4 N–H and O–H groups in total.